The smallest absolute Gasteiger partial charge is 0.249 e. The summed E-state index contributed by atoms with van der Waals surface area (Å²) >= 11 is 6.18. The Morgan fingerprint density at radius 1 is 1.27 bits per heavy atom. The van der Waals surface area contributed by atoms with E-state index >= 15 is 0 Å². The van der Waals surface area contributed by atoms with Gasteiger partial charge in [0.2, 0.25) is 5.91 Å². The van der Waals surface area contributed by atoms with E-state index in [1.165, 1.54) is 30.5 Å². The van der Waals surface area contributed by atoms with Crippen LogP contribution in [0.15, 0.2) is 42.2 Å². The zero-order valence-electron chi connectivity index (χ0n) is 18.1. The highest BCUT2D eigenvalue weighted by Crippen LogP contribution is 2.36. The van der Waals surface area contributed by atoms with Crippen LogP contribution in [0.4, 0.5) is 4.39 Å². The van der Waals surface area contributed by atoms with Crippen LogP contribution in [0, 0.1) is 11.7 Å². The number of carbonyl (C=O) groups is 1. The number of rotatable bonds is 8. The Morgan fingerprint density at radius 2 is 2.09 bits per heavy atom. The molecule has 2 aliphatic rings. The van der Waals surface area contributed by atoms with Gasteiger partial charge < -0.3 is 20.4 Å². The first-order chi connectivity index (χ1) is 15.5. The van der Waals surface area contributed by atoms with Crippen molar-refractivity contribution in [1.82, 2.24) is 9.88 Å². The number of amides is 1. The third-order valence-electron chi connectivity index (χ3n) is 6.27. The summed E-state index contributed by atoms with van der Waals surface area (Å²) in [5.41, 5.74) is 9.52. The number of fused-ring (bicyclic) bond motifs is 2. The number of aromatic nitrogens is 1. The van der Waals surface area contributed by atoms with Gasteiger partial charge in [-0.1, -0.05) is 11.6 Å². The summed E-state index contributed by atoms with van der Waals surface area (Å²) in [5, 5.41) is 1.89. The number of ether oxygens (including phenoxy) is 1. The molecular formula is C25H26Cl2FN3O2. The molecule has 33 heavy (non-hydrogen) atoms. The lowest BCUT2D eigenvalue weighted by Crippen LogP contribution is -2.31. The van der Waals surface area contributed by atoms with Crippen LogP contribution >= 0.6 is 24.0 Å². The summed E-state index contributed by atoms with van der Waals surface area (Å²) in [6, 6.07) is 8.54. The van der Waals surface area contributed by atoms with Gasteiger partial charge in [-0.25, -0.2) is 4.39 Å². The molecule has 1 aliphatic carbocycles. The third-order valence-corrected chi connectivity index (χ3v) is 6.51. The topological polar surface area (TPSA) is 71.4 Å². The molecule has 0 saturated heterocycles. The van der Waals surface area contributed by atoms with Gasteiger partial charge in [-0.3, -0.25) is 4.79 Å². The number of halogens is 3. The zero-order chi connectivity index (χ0) is 22.2. The Hall–Kier alpha value is -2.70. The highest BCUT2D eigenvalue weighted by atomic mass is 35.5. The number of aromatic amines is 1. The number of aryl methyl sites for hydroxylation is 1. The normalized spacial score (nSPS) is 14.8. The predicted octanol–water partition coefficient (Wildman–Crippen LogP) is 5.56. The minimum absolute atomic E-state index is 0. The molecule has 1 saturated carbocycles. The zero-order valence-corrected chi connectivity index (χ0v) is 19.6. The number of carbonyl (C=O) groups excluding carboxylic acids is 1. The average Bonchev–Trinajstić information content (AvgIpc) is 3.51. The summed E-state index contributed by atoms with van der Waals surface area (Å²) in [5.74, 6) is -0.291. The third kappa shape index (κ3) is 4.97. The first-order valence-corrected chi connectivity index (χ1v) is 11.3. The van der Waals surface area contributed by atoms with Crippen LogP contribution < -0.4 is 10.5 Å². The van der Waals surface area contributed by atoms with Crippen molar-refractivity contribution in [2.75, 3.05) is 19.7 Å². The van der Waals surface area contributed by atoms with Crippen molar-refractivity contribution in [1.29, 1.82) is 0 Å². The van der Waals surface area contributed by atoms with Crippen LogP contribution in [0.25, 0.3) is 17.0 Å². The van der Waals surface area contributed by atoms with Crippen molar-refractivity contribution in [2.45, 2.75) is 25.7 Å². The summed E-state index contributed by atoms with van der Waals surface area (Å²) in [6.45, 7) is 2.06. The Balaban J connectivity index is 0.00000259. The van der Waals surface area contributed by atoms with Gasteiger partial charge >= 0.3 is 0 Å². The second kappa shape index (κ2) is 9.65. The molecule has 8 heteroatoms. The van der Waals surface area contributed by atoms with Gasteiger partial charge in [-0.2, -0.15) is 0 Å². The van der Waals surface area contributed by atoms with Gasteiger partial charge in [0.05, 0.1) is 11.3 Å². The van der Waals surface area contributed by atoms with Crippen LogP contribution in [0.1, 0.15) is 40.7 Å². The Kier molecular flexibility index (Phi) is 6.86. The Morgan fingerprint density at radius 3 is 2.85 bits per heavy atom. The van der Waals surface area contributed by atoms with E-state index < -0.39 is 11.7 Å². The molecule has 2 aromatic carbocycles. The predicted molar refractivity (Wildman–Crippen MR) is 132 cm³/mol. The highest BCUT2D eigenvalue weighted by Gasteiger charge is 2.28. The van der Waals surface area contributed by atoms with Gasteiger partial charge in [-0.15, -0.1) is 12.4 Å². The number of H-pyrrole nitrogens is 1. The van der Waals surface area contributed by atoms with Crippen molar-refractivity contribution in [3.05, 3.63) is 69.8 Å². The molecule has 1 aliphatic heterocycles. The highest BCUT2D eigenvalue weighted by molar-refractivity contribution is 6.31. The molecule has 1 fully saturated rings. The van der Waals surface area contributed by atoms with E-state index in [4.69, 9.17) is 22.1 Å². The van der Waals surface area contributed by atoms with Crippen molar-refractivity contribution in [3.8, 4) is 5.75 Å². The van der Waals surface area contributed by atoms with Crippen LogP contribution in [-0.4, -0.2) is 35.5 Å². The molecule has 1 aromatic heterocycles. The molecule has 1 amide bonds. The molecule has 0 bridgehead atoms. The van der Waals surface area contributed by atoms with Gasteiger partial charge in [0.15, 0.2) is 11.6 Å². The number of primary amides is 1. The number of nitrogens with zero attached hydrogens (tertiary/aromatic N) is 1. The minimum atomic E-state index is -0.589. The monoisotopic (exact) mass is 489 g/mol. The number of benzene rings is 2. The Bertz CT molecular complexity index is 1220. The van der Waals surface area contributed by atoms with Crippen LogP contribution in [0.2, 0.25) is 5.02 Å². The van der Waals surface area contributed by atoms with E-state index in [2.05, 4.69) is 9.88 Å². The van der Waals surface area contributed by atoms with E-state index in [1.807, 2.05) is 30.5 Å². The largest absolute Gasteiger partial charge is 0.484 e. The maximum Gasteiger partial charge on any atom is 0.249 e. The number of hydrogen-bond donors (Lipinski definition) is 2. The van der Waals surface area contributed by atoms with E-state index in [0.717, 1.165) is 47.6 Å². The second-order valence-electron chi connectivity index (χ2n) is 8.62. The lowest BCUT2D eigenvalue weighted by molar-refractivity contribution is 0.0999. The average molecular weight is 490 g/mol. The van der Waals surface area contributed by atoms with E-state index in [1.54, 1.807) is 0 Å². The van der Waals surface area contributed by atoms with E-state index in [-0.39, 0.29) is 30.3 Å². The standard InChI is InChI=1S/C25H25ClFN3O2.ClH/c26-17-5-8-23-20(10-17)16(12-29-23)2-1-9-30(13-15-3-4-15)18-11-21-19(25(28)31)6-7-22(27)24(21)32-14-18;/h5-8,10-12,15,29H,1-4,9,13-14H2,(H2,28,31);1H. The van der Waals surface area contributed by atoms with Crippen LogP contribution in [-0.2, 0) is 6.42 Å². The maximum absolute atomic E-state index is 14.2. The Labute approximate surface area is 203 Å². The second-order valence-corrected chi connectivity index (χ2v) is 9.06. The van der Waals surface area contributed by atoms with Crippen LogP contribution in [0.5, 0.6) is 5.75 Å². The van der Waals surface area contributed by atoms with E-state index in [9.17, 15) is 9.18 Å². The fourth-order valence-corrected chi connectivity index (χ4v) is 4.57. The van der Waals surface area contributed by atoms with Crippen molar-refractivity contribution >= 4 is 46.9 Å². The van der Waals surface area contributed by atoms with Crippen molar-refractivity contribution in [3.63, 3.8) is 0 Å². The molecular weight excluding hydrogens is 464 g/mol. The van der Waals surface area contributed by atoms with Gasteiger partial charge in [0.25, 0.3) is 0 Å². The summed E-state index contributed by atoms with van der Waals surface area (Å²) in [4.78, 5) is 17.5. The van der Waals surface area contributed by atoms with E-state index in [0.29, 0.717) is 11.5 Å². The molecule has 5 nitrogen and oxygen atoms in total. The molecule has 5 rings (SSSR count). The minimum Gasteiger partial charge on any atom is -0.484 e. The molecule has 0 spiro atoms. The molecule has 3 aromatic rings. The number of nitrogens with two attached hydrogens (primary N) is 1. The molecule has 174 valence electrons. The van der Waals surface area contributed by atoms with Crippen molar-refractivity contribution < 1.29 is 13.9 Å². The number of nitrogens with one attached hydrogen (secondary N) is 1. The van der Waals surface area contributed by atoms with Gasteiger partial charge in [0.1, 0.15) is 6.61 Å². The first kappa shape index (κ1) is 23.5. The van der Waals surface area contributed by atoms with Crippen LogP contribution in [0.3, 0.4) is 0 Å². The van der Waals surface area contributed by atoms with Crippen molar-refractivity contribution in [2.24, 2.45) is 11.7 Å². The quantitative estimate of drug-likeness (QED) is 0.435. The molecule has 0 radical (unpaired) electrons. The molecule has 0 atom stereocenters. The summed E-state index contributed by atoms with van der Waals surface area (Å²) < 4.78 is 20.0. The lowest BCUT2D eigenvalue weighted by Gasteiger charge is -2.31. The summed E-state index contributed by atoms with van der Waals surface area (Å²) in [6.07, 6.45) is 8.23. The summed E-state index contributed by atoms with van der Waals surface area (Å²) in [7, 11) is 0. The maximum atomic E-state index is 14.2. The SMILES string of the molecule is Cl.NC(=O)c1ccc(F)c2c1C=C(N(CCCc1c[nH]c3ccc(Cl)cc13)CC1CC1)CO2. The molecule has 0 unspecified atom stereocenters. The fourth-order valence-electron chi connectivity index (χ4n) is 4.40. The number of hydrogen-bond acceptors (Lipinski definition) is 3. The van der Waals surface area contributed by atoms with Gasteiger partial charge in [-0.05, 0) is 73.6 Å². The molecule has 3 N–H and O–H groups in total. The van der Waals surface area contributed by atoms with Gasteiger partial charge in [0, 0.05) is 40.8 Å². The first-order valence-electron chi connectivity index (χ1n) is 11.0. The fraction of sp³-hybridized carbons (Fsp3) is 0.320. The lowest BCUT2D eigenvalue weighted by atomic mass is 10.0. The molecule has 2 heterocycles.